The van der Waals surface area contributed by atoms with E-state index in [4.69, 9.17) is 4.74 Å². The molecule has 0 amide bonds. The molecular weight excluding hydrogens is 481 g/mol. The Morgan fingerprint density at radius 1 is 1.25 bits per heavy atom. The number of likely N-dealkylation sites (tertiary alicyclic amines) is 1. The Balaban J connectivity index is 1.35. The first-order valence-electron chi connectivity index (χ1n) is 12.2. The molecule has 0 unspecified atom stereocenters. The third-order valence-corrected chi connectivity index (χ3v) is 7.90. The molecule has 9 heteroatoms. The molecule has 0 radical (unpaired) electrons. The lowest BCUT2D eigenvalue weighted by atomic mass is 9.79. The van der Waals surface area contributed by atoms with E-state index in [-0.39, 0.29) is 24.1 Å². The van der Waals surface area contributed by atoms with Gasteiger partial charge >= 0.3 is 5.97 Å². The van der Waals surface area contributed by atoms with Crippen LogP contribution in [0.4, 0.5) is 4.39 Å². The molecule has 7 nitrogen and oxygen atoms in total. The van der Waals surface area contributed by atoms with E-state index in [1.165, 1.54) is 17.8 Å². The average Bonchev–Trinajstić information content (AvgIpc) is 2.88. The van der Waals surface area contributed by atoms with Crippen molar-refractivity contribution in [2.75, 3.05) is 32.5 Å². The number of piperidine rings is 1. The van der Waals surface area contributed by atoms with Crippen LogP contribution in [0, 0.1) is 17.7 Å². The third kappa shape index (κ3) is 6.72. The van der Waals surface area contributed by atoms with Crippen molar-refractivity contribution in [1.29, 1.82) is 0 Å². The minimum Gasteiger partial charge on any atom is -0.497 e. The van der Waals surface area contributed by atoms with Gasteiger partial charge < -0.3 is 19.8 Å². The van der Waals surface area contributed by atoms with Crippen molar-refractivity contribution in [3.63, 3.8) is 0 Å². The summed E-state index contributed by atoms with van der Waals surface area (Å²) in [6.45, 7) is 2.29. The average molecular weight is 514 g/mol. The first-order valence-corrected chi connectivity index (χ1v) is 13.2. The van der Waals surface area contributed by atoms with E-state index in [2.05, 4.69) is 14.9 Å². The van der Waals surface area contributed by atoms with E-state index in [1.54, 1.807) is 25.6 Å². The summed E-state index contributed by atoms with van der Waals surface area (Å²) in [4.78, 5) is 22.3. The van der Waals surface area contributed by atoms with E-state index in [0.29, 0.717) is 29.5 Å². The topological polar surface area (TPSA) is 95.8 Å². The Morgan fingerprint density at radius 2 is 2.11 bits per heavy atom. The van der Waals surface area contributed by atoms with Crippen LogP contribution in [0.1, 0.15) is 37.4 Å². The molecular formula is C27H32FN3O4S. The number of halogens is 1. The molecule has 1 fully saturated rings. The summed E-state index contributed by atoms with van der Waals surface area (Å²) in [5, 5.41) is 21.8. The van der Waals surface area contributed by atoms with Gasteiger partial charge in [0, 0.05) is 43.0 Å². The number of rotatable bonds is 11. The number of ether oxygens (including phenoxy) is 1. The lowest BCUT2D eigenvalue weighted by Gasteiger charge is -2.38. The van der Waals surface area contributed by atoms with Gasteiger partial charge in [-0.2, -0.15) is 0 Å². The molecule has 3 aromatic rings. The molecule has 4 rings (SSSR count). The smallest absolute Gasteiger partial charge is 0.303 e. The largest absolute Gasteiger partial charge is 0.497 e. The molecule has 3 atom stereocenters. The lowest BCUT2D eigenvalue weighted by Crippen LogP contribution is -2.42. The van der Waals surface area contributed by atoms with Crippen molar-refractivity contribution in [2.24, 2.45) is 11.8 Å². The van der Waals surface area contributed by atoms with Crippen molar-refractivity contribution >= 4 is 28.6 Å². The number of hydrogen-bond acceptors (Lipinski definition) is 7. The maximum Gasteiger partial charge on any atom is 0.303 e. The van der Waals surface area contributed by atoms with Crippen LogP contribution in [0.3, 0.4) is 0 Å². The number of aliphatic carboxylic acids is 1. The van der Waals surface area contributed by atoms with E-state index < -0.39 is 12.1 Å². The van der Waals surface area contributed by atoms with Crippen LogP contribution in [0.5, 0.6) is 5.75 Å². The Labute approximate surface area is 214 Å². The molecule has 3 heterocycles. The number of carbonyl (C=O) groups is 1. The van der Waals surface area contributed by atoms with E-state index >= 15 is 0 Å². The van der Waals surface area contributed by atoms with Gasteiger partial charge in [0.1, 0.15) is 10.8 Å². The number of aromatic nitrogens is 2. The molecule has 36 heavy (non-hydrogen) atoms. The molecule has 1 saturated heterocycles. The highest BCUT2D eigenvalue weighted by atomic mass is 32.2. The van der Waals surface area contributed by atoms with E-state index in [0.717, 1.165) is 42.4 Å². The van der Waals surface area contributed by atoms with Crippen LogP contribution in [0.25, 0.3) is 10.9 Å². The second-order valence-corrected chi connectivity index (χ2v) is 10.3. The molecule has 2 aromatic heterocycles. The summed E-state index contributed by atoms with van der Waals surface area (Å²) >= 11 is 1.38. The molecule has 1 aromatic carbocycles. The van der Waals surface area contributed by atoms with Crippen LogP contribution in [-0.4, -0.2) is 63.5 Å². The Bertz CT molecular complexity index is 1180. The number of hydrogen-bond donors (Lipinski definition) is 2. The molecule has 0 saturated carbocycles. The van der Waals surface area contributed by atoms with Crippen LogP contribution < -0.4 is 4.74 Å². The zero-order valence-electron chi connectivity index (χ0n) is 20.3. The van der Waals surface area contributed by atoms with Crippen LogP contribution in [0.2, 0.25) is 0 Å². The zero-order chi connectivity index (χ0) is 25.5. The zero-order valence-corrected chi connectivity index (χ0v) is 21.2. The van der Waals surface area contributed by atoms with Gasteiger partial charge in [-0.1, -0.05) is 0 Å². The fraction of sp³-hybridized carbons (Fsp3) is 0.444. The van der Waals surface area contributed by atoms with Crippen molar-refractivity contribution in [2.45, 2.75) is 36.8 Å². The summed E-state index contributed by atoms with van der Waals surface area (Å²) in [7, 11) is 1.61. The number of aliphatic hydroxyl groups is 1. The predicted molar refractivity (Wildman–Crippen MR) is 138 cm³/mol. The normalized spacial score (nSPS) is 19.3. The molecule has 1 aliphatic rings. The van der Waals surface area contributed by atoms with Gasteiger partial charge in [-0.3, -0.25) is 9.78 Å². The molecule has 192 valence electrons. The molecule has 0 bridgehead atoms. The number of nitrogens with zero attached hydrogens (tertiary/aromatic N) is 3. The summed E-state index contributed by atoms with van der Waals surface area (Å²) < 4.78 is 19.2. The number of pyridine rings is 2. The van der Waals surface area contributed by atoms with Gasteiger partial charge in [0.25, 0.3) is 0 Å². The Hall–Kier alpha value is -2.75. The molecule has 0 spiro atoms. The minimum atomic E-state index is -0.801. The first-order chi connectivity index (χ1) is 17.4. The van der Waals surface area contributed by atoms with E-state index in [1.807, 2.05) is 24.3 Å². The highest BCUT2D eigenvalue weighted by Crippen LogP contribution is 2.35. The number of thioether (sulfide) groups is 1. The van der Waals surface area contributed by atoms with Gasteiger partial charge in [0.05, 0.1) is 18.7 Å². The van der Waals surface area contributed by atoms with E-state index in [9.17, 15) is 19.4 Å². The molecule has 2 N–H and O–H groups in total. The van der Waals surface area contributed by atoms with Gasteiger partial charge in [0.2, 0.25) is 0 Å². The quantitative estimate of drug-likeness (QED) is 0.353. The summed E-state index contributed by atoms with van der Waals surface area (Å²) in [6.07, 6.45) is 4.89. The Morgan fingerprint density at radius 3 is 2.89 bits per heavy atom. The standard InChI is InChI=1S/C27H32FN3O4S/c1-35-20-5-6-24-22(16-20)21(8-11-29-24)25(32)7-4-18-9-12-31(17-19(18)15-26(33)34)13-14-36-27-23(28)3-2-10-30-27/h2-3,5-6,8,10-11,16,18-19,25,32H,4,7,9,12-15,17H2,1H3,(H,33,34)/t18-,19+,25-/m1/s1. The van der Waals surface area contributed by atoms with Crippen molar-refractivity contribution in [3.05, 3.63) is 60.2 Å². The van der Waals surface area contributed by atoms with Crippen LogP contribution in [0.15, 0.2) is 53.8 Å². The van der Waals surface area contributed by atoms with Crippen molar-refractivity contribution < 1.29 is 24.1 Å². The SMILES string of the molecule is COc1ccc2nccc([C@H](O)CC[C@@H]3CCN(CCSc4ncccc4F)C[C@@H]3CC(=O)O)c2c1. The van der Waals surface area contributed by atoms with Gasteiger partial charge in [0.15, 0.2) is 5.82 Å². The van der Waals surface area contributed by atoms with Gasteiger partial charge in [-0.15, -0.1) is 11.8 Å². The number of aliphatic hydroxyl groups excluding tert-OH is 1. The molecule has 0 aliphatic carbocycles. The molecule has 1 aliphatic heterocycles. The second kappa shape index (κ2) is 12.5. The monoisotopic (exact) mass is 513 g/mol. The number of methoxy groups -OCH3 is 1. The third-order valence-electron chi connectivity index (χ3n) is 6.94. The predicted octanol–water partition coefficient (Wildman–Crippen LogP) is 4.80. The summed E-state index contributed by atoms with van der Waals surface area (Å²) in [6, 6.07) is 10.4. The number of carboxylic acid groups (broad SMARTS) is 1. The van der Waals surface area contributed by atoms with Crippen LogP contribution >= 0.6 is 11.8 Å². The highest BCUT2D eigenvalue weighted by molar-refractivity contribution is 7.99. The lowest BCUT2D eigenvalue weighted by molar-refractivity contribution is -0.139. The summed E-state index contributed by atoms with van der Waals surface area (Å²) in [5.74, 6) is 0.510. The first kappa shape index (κ1) is 26.3. The fourth-order valence-electron chi connectivity index (χ4n) is 5.04. The maximum absolute atomic E-state index is 13.8. The Kier molecular flexibility index (Phi) is 9.12. The maximum atomic E-state index is 13.8. The summed E-state index contributed by atoms with van der Waals surface area (Å²) in [5.41, 5.74) is 1.61. The van der Waals surface area contributed by atoms with Crippen LogP contribution in [-0.2, 0) is 4.79 Å². The van der Waals surface area contributed by atoms with Crippen molar-refractivity contribution in [1.82, 2.24) is 14.9 Å². The van der Waals surface area contributed by atoms with Gasteiger partial charge in [-0.05, 0) is 79.6 Å². The van der Waals surface area contributed by atoms with Crippen molar-refractivity contribution in [3.8, 4) is 5.75 Å². The van der Waals surface area contributed by atoms with Gasteiger partial charge in [-0.25, -0.2) is 9.37 Å². The second-order valence-electron chi connectivity index (χ2n) is 9.22. The fourth-order valence-corrected chi connectivity index (χ4v) is 5.92. The minimum absolute atomic E-state index is 0.00862. The number of carboxylic acids is 1. The number of fused-ring (bicyclic) bond motifs is 1. The highest BCUT2D eigenvalue weighted by Gasteiger charge is 2.31. The number of benzene rings is 1.